The molecular formula is C14H14NO3-. The summed E-state index contributed by atoms with van der Waals surface area (Å²) < 4.78 is 1.68. The standard InChI is InChI=1S/C14H15NO3/c1-3-15-12-7-5-4-6-10(12)11(8-9(2)16)13(15)14(17)18/h4-7H,3,8H2,1-2H3,(H,17,18)/p-1. The second-order valence-electron chi connectivity index (χ2n) is 4.25. The number of ketones is 1. The van der Waals surface area contributed by atoms with E-state index in [2.05, 4.69) is 0 Å². The highest BCUT2D eigenvalue weighted by Gasteiger charge is 2.17. The molecule has 18 heavy (non-hydrogen) atoms. The zero-order chi connectivity index (χ0) is 13.3. The predicted molar refractivity (Wildman–Crippen MR) is 66.3 cm³/mol. The summed E-state index contributed by atoms with van der Waals surface area (Å²) in [6.07, 6.45) is 0.122. The van der Waals surface area contributed by atoms with E-state index in [0.717, 1.165) is 10.9 Å². The molecule has 0 amide bonds. The first-order valence-corrected chi connectivity index (χ1v) is 5.87. The van der Waals surface area contributed by atoms with E-state index in [9.17, 15) is 14.7 Å². The Hall–Kier alpha value is -2.10. The van der Waals surface area contributed by atoms with E-state index in [1.807, 2.05) is 31.2 Å². The van der Waals surface area contributed by atoms with E-state index in [1.54, 1.807) is 4.57 Å². The van der Waals surface area contributed by atoms with Crippen molar-refractivity contribution in [2.24, 2.45) is 0 Å². The van der Waals surface area contributed by atoms with Crippen LogP contribution in [-0.2, 0) is 17.8 Å². The SMILES string of the molecule is CCn1c(C(=O)[O-])c(CC(C)=O)c2ccccc21. The summed E-state index contributed by atoms with van der Waals surface area (Å²) in [5.74, 6) is -1.29. The first kappa shape index (κ1) is 12.4. The Morgan fingerprint density at radius 2 is 1.94 bits per heavy atom. The third-order valence-corrected chi connectivity index (χ3v) is 3.01. The lowest BCUT2D eigenvalue weighted by molar-refractivity contribution is -0.255. The molecule has 4 nitrogen and oxygen atoms in total. The van der Waals surface area contributed by atoms with Crippen molar-refractivity contribution in [3.63, 3.8) is 0 Å². The second kappa shape index (κ2) is 4.64. The Kier molecular flexibility index (Phi) is 3.19. The Balaban J connectivity index is 2.82. The smallest absolute Gasteiger partial charge is 0.134 e. The second-order valence-corrected chi connectivity index (χ2v) is 4.25. The number of carbonyl (C=O) groups excluding carboxylic acids is 2. The number of fused-ring (bicyclic) bond motifs is 1. The molecule has 0 saturated heterocycles. The highest BCUT2D eigenvalue weighted by Crippen LogP contribution is 2.26. The van der Waals surface area contributed by atoms with Gasteiger partial charge >= 0.3 is 0 Å². The molecule has 1 aromatic heterocycles. The molecule has 2 rings (SSSR count). The van der Waals surface area contributed by atoms with Crippen LogP contribution < -0.4 is 5.11 Å². The van der Waals surface area contributed by atoms with E-state index in [4.69, 9.17) is 0 Å². The van der Waals surface area contributed by atoms with Gasteiger partial charge in [0.2, 0.25) is 0 Å². The largest absolute Gasteiger partial charge is 0.543 e. The number of carbonyl (C=O) groups is 2. The summed E-state index contributed by atoms with van der Waals surface area (Å²) in [4.78, 5) is 22.6. The normalized spacial score (nSPS) is 10.8. The number of rotatable bonds is 4. The Morgan fingerprint density at radius 3 is 2.50 bits per heavy atom. The van der Waals surface area contributed by atoms with Crippen molar-refractivity contribution >= 4 is 22.7 Å². The van der Waals surface area contributed by atoms with E-state index in [-0.39, 0.29) is 17.9 Å². The lowest BCUT2D eigenvalue weighted by Gasteiger charge is -2.10. The molecule has 0 saturated carbocycles. The van der Waals surface area contributed by atoms with Crippen LogP contribution in [0.3, 0.4) is 0 Å². The van der Waals surface area contributed by atoms with Gasteiger partial charge in [-0.05, 0) is 25.5 Å². The van der Waals surface area contributed by atoms with E-state index in [0.29, 0.717) is 12.1 Å². The van der Waals surface area contributed by atoms with Crippen molar-refractivity contribution in [3.05, 3.63) is 35.5 Å². The van der Waals surface area contributed by atoms with Gasteiger partial charge in [-0.15, -0.1) is 0 Å². The molecule has 2 aromatic rings. The molecule has 0 aliphatic carbocycles. The van der Waals surface area contributed by atoms with Gasteiger partial charge in [0.05, 0.1) is 11.7 Å². The highest BCUT2D eigenvalue weighted by atomic mass is 16.4. The number of benzene rings is 1. The Bertz CT molecular complexity index is 625. The van der Waals surface area contributed by atoms with Crippen LogP contribution in [0.5, 0.6) is 0 Å². The van der Waals surface area contributed by atoms with Crippen molar-refractivity contribution in [2.45, 2.75) is 26.8 Å². The lowest BCUT2D eigenvalue weighted by Crippen LogP contribution is -2.27. The van der Waals surface area contributed by atoms with Gasteiger partial charge in [-0.3, -0.25) is 4.79 Å². The molecule has 1 aromatic carbocycles. The summed E-state index contributed by atoms with van der Waals surface area (Å²) in [6.45, 7) is 3.86. The number of aryl methyl sites for hydroxylation is 1. The van der Waals surface area contributed by atoms with Gasteiger partial charge in [0.25, 0.3) is 0 Å². The van der Waals surface area contributed by atoms with Gasteiger partial charge in [-0.1, -0.05) is 18.2 Å². The number of aromatic carboxylic acids is 1. The zero-order valence-electron chi connectivity index (χ0n) is 10.4. The van der Waals surface area contributed by atoms with Crippen molar-refractivity contribution in [1.82, 2.24) is 4.57 Å². The highest BCUT2D eigenvalue weighted by molar-refractivity contribution is 6.00. The van der Waals surface area contributed by atoms with Crippen molar-refractivity contribution < 1.29 is 14.7 Å². The Morgan fingerprint density at radius 1 is 1.28 bits per heavy atom. The number of Topliss-reactive ketones (excluding diaryl/α,β-unsaturated/α-hetero) is 1. The van der Waals surface area contributed by atoms with Crippen LogP contribution in [-0.4, -0.2) is 16.3 Å². The van der Waals surface area contributed by atoms with Crippen LogP contribution in [0.2, 0.25) is 0 Å². The van der Waals surface area contributed by atoms with Gasteiger partial charge in [-0.25, -0.2) is 0 Å². The van der Waals surface area contributed by atoms with Crippen LogP contribution in [0.1, 0.15) is 29.9 Å². The van der Waals surface area contributed by atoms with E-state index in [1.165, 1.54) is 6.92 Å². The zero-order valence-corrected chi connectivity index (χ0v) is 10.4. The van der Waals surface area contributed by atoms with Crippen LogP contribution in [0.15, 0.2) is 24.3 Å². The van der Waals surface area contributed by atoms with Crippen molar-refractivity contribution in [3.8, 4) is 0 Å². The maximum Gasteiger partial charge on any atom is 0.134 e. The first-order valence-electron chi connectivity index (χ1n) is 5.87. The summed E-state index contributed by atoms with van der Waals surface area (Å²) in [7, 11) is 0. The number of hydrogen-bond acceptors (Lipinski definition) is 3. The fourth-order valence-corrected chi connectivity index (χ4v) is 2.36. The molecule has 0 N–H and O–H groups in total. The molecule has 1 heterocycles. The minimum Gasteiger partial charge on any atom is -0.543 e. The predicted octanol–water partition coefficient (Wildman–Crippen LogP) is 1.16. The summed E-state index contributed by atoms with van der Waals surface area (Å²) in [6, 6.07) is 7.39. The van der Waals surface area contributed by atoms with Crippen LogP contribution in [0, 0.1) is 0 Å². The fourth-order valence-electron chi connectivity index (χ4n) is 2.36. The maximum absolute atomic E-state index is 11.3. The molecule has 0 fully saturated rings. The van der Waals surface area contributed by atoms with Crippen LogP contribution in [0.4, 0.5) is 0 Å². The number of carboxylic acids is 1. The molecule has 0 radical (unpaired) electrons. The molecule has 0 aliphatic heterocycles. The third-order valence-electron chi connectivity index (χ3n) is 3.01. The molecule has 4 heteroatoms. The number of aromatic nitrogens is 1. The molecule has 94 valence electrons. The number of hydrogen-bond donors (Lipinski definition) is 0. The summed E-state index contributed by atoms with van der Waals surface area (Å²) >= 11 is 0. The molecular weight excluding hydrogens is 230 g/mol. The lowest BCUT2D eigenvalue weighted by atomic mass is 10.1. The van der Waals surface area contributed by atoms with Crippen molar-refractivity contribution in [2.75, 3.05) is 0 Å². The molecule has 0 bridgehead atoms. The Labute approximate surface area is 105 Å². The number of para-hydroxylation sites is 1. The average Bonchev–Trinajstić information content (AvgIpc) is 2.63. The maximum atomic E-state index is 11.3. The minimum absolute atomic E-state index is 0.0588. The minimum atomic E-state index is -1.23. The van der Waals surface area contributed by atoms with E-state index >= 15 is 0 Å². The fraction of sp³-hybridized carbons (Fsp3) is 0.286. The molecule has 0 spiro atoms. The molecule has 0 aliphatic rings. The first-order chi connectivity index (χ1) is 8.56. The molecule has 0 atom stereocenters. The van der Waals surface area contributed by atoms with E-state index < -0.39 is 5.97 Å². The van der Waals surface area contributed by atoms with Gasteiger partial charge in [0, 0.05) is 23.9 Å². The summed E-state index contributed by atoms with van der Waals surface area (Å²) in [5, 5.41) is 12.1. The third kappa shape index (κ3) is 1.90. The van der Waals surface area contributed by atoms with Crippen LogP contribution >= 0.6 is 0 Å². The molecule has 0 unspecified atom stereocenters. The number of nitrogens with zero attached hydrogens (tertiary/aromatic N) is 1. The van der Waals surface area contributed by atoms with Gasteiger partial charge < -0.3 is 14.5 Å². The van der Waals surface area contributed by atoms with Gasteiger partial charge in [0.1, 0.15) is 5.78 Å². The summed E-state index contributed by atoms with van der Waals surface area (Å²) in [5.41, 5.74) is 1.50. The quantitative estimate of drug-likeness (QED) is 0.810. The van der Waals surface area contributed by atoms with Gasteiger partial charge in [-0.2, -0.15) is 0 Å². The topological polar surface area (TPSA) is 62.1 Å². The van der Waals surface area contributed by atoms with Crippen molar-refractivity contribution in [1.29, 1.82) is 0 Å². The van der Waals surface area contributed by atoms with Gasteiger partial charge in [0.15, 0.2) is 0 Å². The number of carboxylic acid groups (broad SMARTS) is 1. The van der Waals surface area contributed by atoms with Crippen LogP contribution in [0.25, 0.3) is 10.9 Å². The monoisotopic (exact) mass is 244 g/mol. The average molecular weight is 244 g/mol.